The smallest absolute Gasteiger partial charge is 0.367 e. The molecule has 0 unspecified atom stereocenters. The van der Waals surface area contributed by atoms with Crippen LogP contribution in [0.1, 0.15) is 89.7 Å². The molecule has 0 heterocycles. The van der Waals surface area contributed by atoms with E-state index in [9.17, 15) is 24.8 Å². The number of Topliss-reactive ketones (excluding diaryl/α,β-unsaturated/α-hetero) is 1. The van der Waals surface area contributed by atoms with E-state index in [-0.39, 0.29) is 59.2 Å². The van der Waals surface area contributed by atoms with Crippen molar-refractivity contribution in [3.63, 3.8) is 0 Å². The third-order valence-corrected chi connectivity index (χ3v) is 8.63. The molecule has 3 aliphatic rings. The summed E-state index contributed by atoms with van der Waals surface area (Å²) in [6.45, 7) is 8.72. The third kappa shape index (κ3) is 6.84. The Balaban J connectivity index is 1.84. The van der Waals surface area contributed by atoms with Crippen molar-refractivity contribution in [3.05, 3.63) is 33.4 Å². The fraction of sp³-hybridized carbons (Fsp3) is 0.724. The second-order valence-corrected chi connectivity index (χ2v) is 13.4. The molecule has 3 fully saturated rings. The number of aromatic hydroxyl groups is 1. The SMILES string of the molecule is CC(C)(CCCCCCO[N+](=O)[O-])c1cc(O)c([C@H]2CC(=O)[C@H]3C[C@@H]2C3(C)C)c(OC(=O)C[N+](C)(C)C)c1. The maximum atomic E-state index is 12.9. The van der Waals surface area contributed by atoms with Gasteiger partial charge in [-0.25, -0.2) is 4.79 Å². The van der Waals surface area contributed by atoms with Gasteiger partial charge in [0.25, 0.3) is 5.09 Å². The number of benzene rings is 1. The van der Waals surface area contributed by atoms with Crippen LogP contribution in [0.2, 0.25) is 0 Å². The summed E-state index contributed by atoms with van der Waals surface area (Å²) in [7, 11) is 5.75. The molecule has 0 aliphatic heterocycles. The Morgan fingerprint density at radius 2 is 1.84 bits per heavy atom. The van der Waals surface area contributed by atoms with Gasteiger partial charge < -0.3 is 19.2 Å². The van der Waals surface area contributed by atoms with Crippen molar-refractivity contribution < 1.29 is 33.8 Å². The lowest BCUT2D eigenvalue weighted by Gasteiger charge is -2.59. The number of nitrogens with zero attached hydrogens (tertiary/aromatic N) is 2. The van der Waals surface area contributed by atoms with Gasteiger partial charge >= 0.3 is 5.97 Å². The highest BCUT2D eigenvalue weighted by Crippen LogP contribution is 2.64. The van der Waals surface area contributed by atoms with Gasteiger partial charge in [-0.1, -0.05) is 47.0 Å². The lowest BCUT2D eigenvalue weighted by molar-refractivity contribution is -0.862. The van der Waals surface area contributed by atoms with Gasteiger partial charge in [0.15, 0.2) is 6.54 Å². The lowest BCUT2D eigenvalue weighted by Crippen LogP contribution is -2.56. The van der Waals surface area contributed by atoms with Crippen molar-refractivity contribution in [1.29, 1.82) is 0 Å². The molecular formula is C29H45N2O7+. The van der Waals surface area contributed by atoms with E-state index in [1.165, 1.54) is 0 Å². The monoisotopic (exact) mass is 533 g/mol. The molecule has 0 saturated heterocycles. The summed E-state index contributed by atoms with van der Waals surface area (Å²) in [6, 6.07) is 3.66. The highest BCUT2D eigenvalue weighted by atomic mass is 16.9. The lowest BCUT2D eigenvalue weighted by atomic mass is 9.44. The van der Waals surface area contributed by atoms with Gasteiger partial charge in [-0.2, -0.15) is 0 Å². The zero-order valence-corrected chi connectivity index (χ0v) is 24.0. The van der Waals surface area contributed by atoms with Crippen molar-refractivity contribution in [3.8, 4) is 11.5 Å². The first-order chi connectivity index (χ1) is 17.5. The van der Waals surface area contributed by atoms with Crippen molar-refractivity contribution in [2.45, 2.75) is 84.0 Å². The molecule has 2 bridgehead atoms. The van der Waals surface area contributed by atoms with Crippen LogP contribution in [-0.2, 0) is 19.8 Å². The maximum absolute atomic E-state index is 12.9. The quantitative estimate of drug-likeness (QED) is 0.0930. The molecule has 1 aromatic carbocycles. The molecule has 0 amide bonds. The van der Waals surface area contributed by atoms with E-state index in [4.69, 9.17) is 4.74 Å². The maximum Gasteiger partial charge on any atom is 0.367 e. The largest absolute Gasteiger partial charge is 0.508 e. The molecule has 9 nitrogen and oxygen atoms in total. The fourth-order valence-corrected chi connectivity index (χ4v) is 6.30. The van der Waals surface area contributed by atoms with Crippen LogP contribution in [0.25, 0.3) is 0 Å². The zero-order valence-electron chi connectivity index (χ0n) is 24.0. The number of phenolic OH excluding ortho intramolecular Hbond substituents is 1. The third-order valence-electron chi connectivity index (χ3n) is 8.63. The normalized spacial score (nSPS) is 22.5. The number of hydrogen-bond donors (Lipinski definition) is 1. The topological polar surface area (TPSA) is 116 Å². The number of phenols is 1. The van der Waals surface area contributed by atoms with Gasteiger partial charge in [0.1, 0.15) is 17.3 Å². The van der Waals surface area contributed by atoms with E-state index in [0.717, 1.165) is 37.7 Å². The van der Waals surface area contributed by atoms with Gasteiger partial charge in [0, 0.05) is 23.8 Å². The van der Waals surface area contributed by atoms with Crippen molar-refractivity contribution >= 4 is 11.8 Å². The Kier molecular flexibility index (Phi) is 8.81. The molecular weight excluding hydrogens is 488 g/mol. The molecule has 0 aromatic heterocycles. The summed E-state index contributed by atoms with van der Waals surface area (Å²) >= 11 is 0. The number of ether oxygens (including phenoxy) is 1. The minimum Gasteiger partial charge on any atom is -0.508 e. The summed E-state index contributed by atoms with van der Waals surface area (Å²) in [5, 5.41) is 20.9. The first kappa shape index (κ1) is 29.9. The Hall–Kier alpha value is -2.68. The first-order valence-corrected chi connectivity index (χ1v) is 13.7. The summed E-state index contributed by atoms with van der Waals surface area (Å²) in [4.78, 5) is 40.5. The van der Waals surface area contributed by atoms with Crippen LogP contribution < -0.4 is 4.74 Å². The molecule has 3 atom stereocenters. The van der Waals surface area contributed by atoms with Crippen LogP contribution in [0.4, 0.5) is 0 Å². The standard InChI is InChI=1S/C29H44N2O7/c1-28(2,12-10-8-9-11-13-37-30(35)36)19-14-24(33)27(25(15-19)38-26(34)18-31(5,6)7)20-16-23(32)22-17-21(20)29(22,3)4/h14-15,20-22H,8-13,16-18H2,1-7H3/p+1/t20-,21-,22+/m0/s1. The zero-order chi connectivity index (χ0) is 28.5. The van der Waals surface area contributed by atoms with E-state index in [1.807, 2.05) is 27.2 Å². The minimum atomic E-state index is -0.766. The molecule has 212 valence electrons. The Morgan fingerprint density at radius 1 is 1.18 bits per heavy atom. The fourth-order valence-electron chi connectivity index (χ4n) is 6.30. The molecule has 38 heavy (non-hydrogen) atoms. The molecule has 1 N–H and O–H groups in total. The predicted octanol–water partition coefficient (Wildman–Crippen LogP) is 5.16. The molecule has 0 radical (unpaired) electrons. The summed E-state index contributed by atoms with van der Waals surface area (Å²) < 4.78 is 6.37. The minimum absolute atomic E-state index is 0.0689. The van der Waals surface area contributed by atoms with Crippen LogP contribution in [-0.4, -0.2) is 60.7 Å². The van der Waals surface area contributed by atoms with Gasteiger partial charge in [0.05, 0.1) is 27.7 Å². The van der Waals surface area contributed by atoms with Crippen LogP contribution in [0, 0.1) is 27.4 Å². The number of hydrogen-bond acceptors (Lipinski definition) is 7. The van der Waals surface area contributed by atoms with Gasteiger partial charge in [-0.15, -0.1) is 10.1 Å². The number of carbonyl (C=O) groups excluding carboxylic acids is 2. The van der Waals surface area contributed by atoms with Crippen molar-refractivity contribution in [2.75, 3.05) is 34.3 Å². The predicted molar refractivity (Wildman–Crippen MR) is 143 cm³/mol. The Bertz CT molecular complexity index is 1060. The summed E-state index contributed by atoms with van der Waals surface area (Å²) in [5.41, 5.74) is 1.00. The second-order valence-electron chi connectivity index (χ2n) is 13.4. The van der Waals surface area contributed by atoms with Crippen LogP contribution in [0.5, 0.6) is 11.5 Å². The number of likely N-dealkylation sites (N-methyl/N-ethyl adjacent to an activating group) is 1. The number of unbranched alkanes of at least 4 members (excludes halogenated alkanes) is 3. The Morgan fingerprint density at radius 3 is 2.42 bits per heavy atom. The number of fused-ring (bicyclic) bond motifs is 2. The van der Waals surface area contributed by atoms with Gasteiger partial charge in [0.2, 0.25) is 0 Å². The van der Waals surface area contributed by atoms with Crippen molar-refractivity contribution in [2.24, 2.45) is 17.3 Å². The van der Waals surface area contributed by atoms with E-state index in [1.54, 1.807) is 6.07 Å². The molecule has 4 rings (SSSR count). The Labute approximate surface area is 226 Å². The molecule has 9 heteroatoms. The highest BCUT2D eigenvalue weighted by Gasteiger charge is 2.59. The van der Waals surface area contributed by atoms with E-state index >= 15 is 0 Å². The average Bonchev–Trinajstić information content (AvgIpc) is 2.75. The van der Waals surface area contributed by atoms with Crippen molar-refractivity contribution in [1.82, 2.24) is 0 Å². The van der Waals surface area contributed by atoms with Crippen LogP contribution in [0.15, 0.2) is 12.1 Å². The molecule has 3 saturated carbocycles. The first-order valence-electron chi connectivity index (χ1n) is 13.7. The highest BCUT2D eigenvalue weighted by molar-refractivity contribution is 5.86. The summed E-state index contributed by atoms with van der Waals surface area (Å²) in [5.74, 6) is 0.413. The second kappa shape index (κ2) is 11.2. The molecule has 0 spiro atoms. The van der Waals surface area contributed by atoms with E-state index in [0.29, 0.717) is 28.6 Å². The molecule has 1 aromatic rings. The van der Waals surface area contributed by atoms with E-state index in [2.05, 4.69) is 32.5 Å². The van der Waals surface area contributed by atoms with Gasteiger partial charge in [-0.05, 0) is 53.7 Å². The van der Waals surface area contributed by atoms with Gasteiger partial charge in [-0.3, -0.25) is 4.79 Å². The van der Waals surface area contributed by atoms with Crippen LogP contribution in [0.3, 0.4) is 0 Å². The van der Waals surface area contributed by atoms with Crippen LogP contribution >= 0.6 is 0 Å². The number of esters is 1. The number of rotatable bonds is 13. The number of ketones is 1. The van der Waals surface area contributed by atoms with E-state index < -0.39 is 5.09 Å². The summed E-state index contributed by atoms with van der Waals surface area (Å²) in [6.07, 6.45) is 5.25. The number of carbonyl (C=O) groups is 2. The molecule has 3 aliphatic carbocycles. The average molecular weight is 534 g/mol. The number of quaternary nitrogens is 1.